The van der Waals surface area contributed by atoms with Crippen molar-refractivity contribution < 1.29 is 9.59 Å². The van der Waals surface area contributed by atoms with Gasteiger partial charge < -0.3 is 21.3 Å². The minimum atomic E-state index is -0.192. The van der Waals surface area contributed by atoms with Crippen LogP contribution in [0.1, 0.15) is 37.7 Å². The largest absolute Gasteiger partial charge is 0.342 e. The van der Waals surface area contributed by atoms with E-state index in [9.17, 15) is 9.59 Å². The summed E-state index contributed by atoms with van der Waals surface area (Å²) in [5.41, 5.74) is 8.32. The highest BCUT2D eigenvalue weighted by molar-refractivity contribution is 5.89. The zero-order chi connectivity index (χ0) is 19.7. The molecule has 6 nitrogen and oxygen atoms in total. The Morgan fingerprint density at radius 1 is 1.14 bits per heavy atom. The molecule has 5 unspecified atom stereocenters. The number of amides is 3. The van der Waals surface area contributed by atoms with Crippen molar-refractivity contribution in [1.82, 2.24) is 10.2 Å². The van der Waals surface area contributed by atoms with Crippen molar-refractivity contribution in [3.05, 3.63) is 29.8 Å². The number of nitrogens with two attached hydrogens (primary N) is 1. The topological polar surface area (TPSA) is 87.5 Å². The highest BCUT2D eigenvalue weighted by atomic mass is 16.2. The molecule has 2 aliphatic carbocycles. The third-order valence-corrected chi connectivity index (χ3v) is 6.96. The van der Waals surface area contributed by atoms with Crippen LogP contribution in [0.3, 0.4) is 0 Å². The first-order chi connectivity index (χ1) is 13.5. The van der Waals surface area contributed by atoms with Crippen molar-refractivity contribution in [2.75, 3.05) is 25.0 Å². The zero-order valence-corrected chi connectivity index (χ0v) is 16.7. The van der Waals surface area contributed by atoms with Crippen molar-refractivity contribution in [1.29, 1.82) is 0 Å². The Kier molecular flexibility index (Phi) is 5.58. The Bertz CT molecular complexity index is 718. The normalized spacial score (nSPS) is 31.6. The second kappa shape index (κ2) is 8.11. The third kappa shape index (κ3) is 4.02. The SMILES string of the molecule is Cc1ccc(NC(=O)NCC2CCCN(C(=O)C3C4CCC(C4)C3N)C2)cc1. The molecule has 0 spiro atoms. The summed E-state index contributed by atoms with van der Waals surface area (Å²) in [4.78, 5) is 27.3. The number of benzene rings is 1. The Balaban J connectivity index is 1.26. The maximum absolute atomic E-state index is 13.1. The molecule has 1 saturated heterocycles. The minimum absolute atomic E-state index is 0.0234. The Hall–Kier alpha value is -2.08. The number of likely N-dealkylation sites (tertiary alicyclic amines) is 1. The summed E-state index contributed by atoms with van der Waals surface area (Å²) in [5.74, 6) is 1.62. The summed E-state index contributed by atoms with van der Waals surface area (Å²) >= 11 is 0. The van der Waals surface area contributed by atoms with Gasteiger partial charge in [0.05, 0.1) is 5.92 Å². The summed E-state index contributed by atoms with van der Waals surface area (Å²) in [6.45, 7) is 4.16. The predicted octanol–water partition coefficient (Wildman–Crippen LogP) is 2.73. The number of rotatable bonds is 4. The fourth-order valence-corrected chi connectivity index (χ4v) is 5.39. The van der Waals surface area contributed by atoms with E-state index in [-0.39, 0.29) is 23.9 Å². The lowest BCUT2D eigenvalue weighted by Crippen LogP contribution is -2.51. The van der Waals surface area contributed by atoms with Crippen LogP contribution < -0.4 is 16.4 Å². The second-order valence-corrected chi connectivity index (χ2v) is 8.93. The molecular weight excluding hydrogens is 352 g/mol. The van der Waals surface area contributed by atoms with E-state index in [1.165, 1.54) is 6.42 Å². The Morgan fingerprint density at radius 2 is 1.89 bits per heavy atom. The van der Waals surface area contributed by atoms with Gasteiger partial charge in [0.15, 0.2) is 0 Å². The first-order valence-electron chi connectivity index (χ1n) is 10.7. The third-order valence-electron chi connectivity index (χ3n) is 6.96. The molecular formula is C22H32N4O2. The summed E-state index contributed by atoms with van der Waals surface area (Å²) in [6, 6.07) is 7.59. The number of anilines is 1. The lowest BCUT2D eigenvalue weighted by Gasteiger charge is -2.37. The number of hydrogen-bond acceptors (Lipinski definition) is 3. The van der Waals surface area contributed by atoms with Gasteiger partial charge in [-0.1, -0.05) is 17.7 Å². The predicted molar refractivity (Wildman–Crippen MR) is 110 cm³/mol. The number of nitrogens with one attached hydrogen (secondary N) is 2. The smallest absolute Gasteiger partial charge is 0.319 e. The van der Waals surface area contributed by atoms with E-state index < -0.39 is 0 Å². The highest BCUT2D eigenvalue weighted by Gasteiger charge is 2.50. The number of aryl methyl sites for hydroxylation is 1. The first kappa shape index (κ1) is 19.2. The Labute approximate surface area is 167 Å². The van der Waals surface area contributed by atoms with Crippen LogP contribution in [0.15, 0.2) is 24.3 Å². The molecule has 3 amide bonds. The van der Waals surface area contributed by atoms with Gasteiger partial charge in [-0.3, -0.25) is 4.79 Å². The van der Waals surface area contributed by atoms with E-state index in [0.717, 1.165) is 50.0 Å². The average molecular weight is 385 g/mol. The van der Waals surface area contributed by atoms with Crippen LogP contribution in [0.5, 0.6) is 0 Å². The van der Waals surface area contributed by atoms with Crippen LogP contribution >= 0.6 is 0 Å². The molecule has 6 heteroatoms. The summed E-state index contributed by atoms with van der Waals surface area (Å²) in [5, 5.41) is 5.83. The van der Waals surface area contributed by atoms with Crippen molar-refractivity contribution >= 4 is 17.6 Å². The molecule has 2 saturated carbocycles. The first-order valence-corrected chi connectivity index (χ1v) is 10.7. The number of urea groups is 1. The lowest BCUT2D eigenvalue weighted by molar-refractivity contribution is -0.139. The molecule has 4 rings (SSSR count). The number of piperidine rings is 1. The van der Waals surface area contributed by atoms with E-state index >= 15 is 0 Å². The fraction of sp³-hybridized carbons (Fsp3) is 0.636. The molecule has 1 aliphatic heterocycles. The second-order valence-electron chi connectivity index (χ2n) is 8.93. The molecule has 5 atom stereocenters. The number of hydrogen-bond donors (Lipinski definition) is 3. The van der Waals surface area contributed by atoms with E-state index in [1.54, 1.807) is 0 Å². The van der Waals surface area contributed by atoms with Gasteiger partial charge in [-0.15, -0.1) is 0 Å². The van der Waals surface area contributed by atoms with Gasteiger partial charge in [-0.05, 0) is 68.9 Å². The molecule has 3 aliphatic rings. The molecule has 152 valence electrons. The average Bonchev–Trinajstić information content (AvgIpc) is 3.29. The van der Waals surface area contributed by atoms with Gasteiger partial charge in [-0.25, -0.2) is 4.79 Å². The van der Waals surface area contributed by atoms with Gasteiger partial charge in [0.1, 0.15) is 0 Å². The van der Waals surface area contributed by atoms with Crippen LogP contribution in [0, 0.1) is 30.6 Å². The van der Waals surface area contributed by atoms with Crippen LogP contribution in [-0.2, 0) is 4.79 Å². The molecule has 0 aromatic heterocycles. The minimum Gasteiger partial charge on any atom is -0.342 e. The van der Waals surface area contributed by atoms with E-state index in [1.807, 2.05) is 36.1 Å². The summed E-state index contributed by atoms with van der Waals surface area (Å²) in [7, 11) is 0. The molecule has 1 aromatic carbocycles. The number of carbonyl (C=O) groups excluding carboxylic acids is 2. The van der Waals surface area contributed by atoms with Crippen molar-refractivity contribution in [3.8, 4) is 0 Å². The molecule has 1 heterocycles. The van der Waals surface area contributed by atoms with E-state index in [2.05, 4.69) is 10.6 Å². The van der Waals surface area contributed by atoms with Gasteiger partial charge in [0.25, 0.3) is 0 Å². The quantitative estimate of drug-likeness (QED) is 0.746. The molecule has 2 bridgehead atoms. The number of carbonyl (C=O) groups is 2. The van der Waals surface area contributed by atoms with Crippen LogP contribution in [0.4, 0.5) is 10.5 Å². The standard InChI is InChI=1S/C22H32N4O2/c1-14-4-8-18(9-5-14)25-22(28)24-12-15-3-2-10-26(13-15)21(27)19-16-6-7-17(11-16)20(19)23/h4-5,8-9,15-17,19-20H,2-3,6-7,10-13,23H2,1H3,(H2,24,25,28). The molecule has 4 N–H and O–H groups in total. The summed E-state index contributed by atoms with van der Waals surface area (Å²) < 4.78 is 0. The van der Waals surface area contributed by atoms with Gasteiger partial charge in [-0.2, -0.15) is 0 Å². The van der Waals surface area contributed by atoms with Crippen LogP contribution in [-0.4, -0.2) is 42.5 Å². The Morgan fingerprint density at radius 3 is 2.61 bits per heavy atom. The highest BCUT2D eigenvalue weighted by Crippen LogP contribution is 2.48. The summed E-state index contributed by atoms with van der Waals surface area (Å²) in [6.07, 6.45) is 5.52. The van der Waals surface area contributed by atoms with Crippen LogP contribution in [0.25, 0.3) is 0 Å². The van der Waals surface area contributed by atoms with E-state index in [4.69, 9.17) is 5.73 Å². The van der Waals surface area contributed by atoms with Crippen molar-refractivity contribution in [3.63, 3.8) is 0 Å². The van der Waals surface area contributed by atoms with Gasteiger partial charge in [0, 0.05) is 31.4 Å². The fourth-order valence-electron chi connectivity index (χ4n) is 5.39. The molecule has 1 aromatic rings. The maximum Gasteiger partial charge on any atom is 0.319 e. The molecule has 3 fully saturated rings. The van der Waals surface area contributed by atoms with E-state index in [0.29, 0.717) is 24.3 Å². The maximum atomic E-state index is 13.1. The van der Waals surface area contributed by atoms with Crippen LogP contribution in [0.2, 0.25) is 0 Å². The zero-order valence-electron chi connectivity index (χ0n) is 16.7. The van der Waals surface area contributed by atoms with Gasteiger partial charge in [0.2, 0.25) is 5.91 Å². The lowest BCUT2D eigenvalue weighted by atomic mass is 9.83. The van der Waals surface area contributed by atoms with Gasteiger partial charge >= 0.3 is 6.03 Å². The molecule has 28 heavy (non-hydrogen) atoms. The monoisotopic (exact) mass is 384 g/mol. The van der Waals surface area contributed by atoms with Crippen molar-refractivity contribution in [2.24, 2.45) is 29.4 Å². The number of fused-ring (bicyclic) bond motifs is 2. The molecule has 0 radical (unpaired) electrons. The number of nitrogens with zero attached hydrogens (tertiary/aromatic N) is 1. The van der Waals surface area contributed by atoms with Crippen molar-refractivity contribution in [2.45, 2.75) is 45.1 Å².